The second-order valence-corrected chi connectivity index (χ2v) is 6.02. The number of aromatic nitrogens is 5. The summed E-state index contributed by atoms with van der Waals surface area (Å²) in [6, 6.07) is 11.2. The fourth-order valence-corrected chi connectivity index (χ4v) is 2.61. The molecule has 9 heteroatoms. The molecule has 2 heterocycles. The molecule has 0 radical (unpaired) electrons. The summed E-state index contributed by atoms with van der Waals surface area (Å²) in [4.78, 5) is 24.1. The molecule has 0 saturated heterocycles. The molecular weight excluding hydrogens is 334 g/mol. The molecule has 1 fully saturated rings. The van der Waals surface area contributed by atoms with E-state index in [2.05, 4.69) is 20.1 Å². The number of carbonyl (C=O) groups is 1. The van der Waals surface area contributed by atoms with Crippen LogP contribution in [0.15, 0.2) is 36.4 Å². The maximum Gasteiger partial charge on any atom is 0.357 e. The van der Waals surface area contributed by atoms with Gasteiger partial charge in [-0.2, -0.15) is 20.1 Å². The minimum Gasteiger partial charge on any atom is -0.453 e. The number of para-hydroxylation sites is 1. The van der Waals surface area contributed by atoms with E-state index in [0.717, 1.165) is 24.2 Å². The van der Waals surface area contributed by atoms with Gasteiger partial charge in [-0.05, 0) is 31.0 Å². The number of benzene rings is 1. The van der Waals surface area contributed by atoms with Gasteiger partial charge in [0.1, 0.15) is 0 Å². The Bertz CT molecular complexity index is 931. The van der Waals surface area contributed by atoms with Gasteiger partial charge >= 0.3 is 5.97 Å². The van der Waals surface area contributed by atoms with Gasteiger partial charge in [-0.1, -0.05) is 18.2 Å². The van der Waals surface area contributed by atoms with Gasteiger partial charge in [0.25, 0.3) is 0 Å². The number of hydrogen-bond acceptors (Lipinski definition) is 8. The molecule has 4 N–H and O–H groups in total. The van der Waals surface area contributed by atoms with Crippen LogP contribution in [0.1, 0.15) is 40.8 Å². The number of hydrogen-bond donors (Lipinski definition) is 2. The predicted octanol–water partition coefficient (Wildman–Crippen LogP) is 1.46. The third-order valence-electron chi connectivity index (χ3n) is 3.98. The molecule has 0 spiro atoms. The standard InChI is InChI=1S/C17H17N7O2/c18-16-20-14(21-17(19)22-16)9-26-15(25)13-8-12(10-6-7-10)23-24(13)11-4-2-1-3-5-11/h1-5,8,10H,6-7,9H2,(H4,18,19,20,21,22). The van der Waals surface area contributed by atoms with Gasteiger partial charge in [0, 0.05) is 5.92 Å². The Balaban J connectivity index is 1.58. The molecule has 2 aromatic heterocycles. The Morgan fingerprint density at radius 1 is 1.12 bits per heavy atom. The highest BCUT2D eigenvalue weighted by molar-refractivity contribution is 5.88. The van der Waals surface area contributed by atoms with Crippen molar-refractivity contribution in [3.05, 3.63) is 53.6 Å². The second-order valence-electron chi connectivity index (χ2n) is 6.02. The van der Waals surface area contributed by atoms with E-state index in [9.17, 15) is 4.79 Å². The molecule has 1 aliphatic rings. The first-order valence-electron chi connectivity index (χ1n) is 8.18. The summed E-state index contributed by atoms with van der Waals surface area (Å²) < 4.78 is 6.94. The molecule has 1 aromatic carbocycles. The lowest BCUT2D eigenvalue weighted by molar-refractivity contribution is 0.0451. The fraction of sp³-hybridized carbons (Fsp3) is 0.235. The monoisotopic (exact) mass is 351 g/mol. The average Bonchev–Trinajstić information content (AvgIpc) is 3.38. The van der Waals surface area contributed by atoms with Gasteiger partial charge in [0.15, 0.2) is 18.1 Å². The molecule has 1 saturated carbocycles. The van der Waals surface area contributed by atoms with Crippen LogP contribution >= 0.6 is 0 Å². The molecule has 0 amide bonds. The smallest absolute Gasteiger partial charge is 0.357 e. The van der Waals surface area contributed by atoms with Crippen LogP contribution in [0, 0.1) is 0 Å². The lowest BCUT2D eigenvalue weighted by Crippen LogP contribution is -2.14. The second kappa shape index (κ2) is 6.43. The number of nitrogens with zero attached hydrogens (tertiary/aromatic N) is 5. The van der Waals surface area contributed by atoms with E-state index in [0.29, 0.717) is 11.6 Å². The highest BCUT2D eigenvalue weighted by Crippen LogP contribution is 2.39. The van der Waals surface area contributed by atoms with Crippen molar-refractivity contribution in [2.75, 3.05) is 11.5 Å². The molecule has 132 valence electrons. The third kappa shape index (κ3) is 3.32. The van der Waals surface area contributed by atoms with E-state index in [1.807, 2.05) is 30.3 Å². The lowest BCUT2D eigenvalue weighted by Gasteiger charge is -2.07. The highest BCUT2D eigenvalue weighted by Gasteiger charge is 2.29. The Labute approximate surface area is 149 Å². The first-order chi connectivity index (χ1) is 12.6. The van der Waals surface area contributed by atoms with Crippen molar-refractivity contribution in [3.63, 3.8) is 0 Å². The van der Waals surface area contributed by atoms with Gasteiger partial charge in [-0.25, -0.2) is 9.48 Å². The van der Waals surface area contributed by atoms with E-state index in [1.54, 1.807) is 10.7 Å². The first kappa shape index (κ1) is 16.0. The number of carbonyl (C=O) groups excluding carboxylic acids is 1. The van der Waals surface area contributed by atoms with Crippen LogP contribution in [-0.4, -0.2) is 30.7 Å². The van der Waals surface area contributed by atoms with Gasteiger partial charge in [0.2, 0.25) is 11.9 Å². The van der Waals surface area contributed by atoms with Gasteiger partial charge in [-0.3, -0.25) is 0 Å². The lowest BCUT2D eigenvalue weighted by atomic mass is 10.2. The molecule has 0 aliphatic heterocycles. The van der Waals surface area contributed by atoms with Crippen molar-refractivity contribution < 1.29 is 9.53 Å². The quantitative estimate of drug-likeness (QED) is 0.660. The van der Waals surface area contributed by atoms with Crippen LogP contribution in [0.2, 0.25) is 0 Å². The van der Waals surface area contributed by atoms with Crippen LogP contribution in [0.25, 0.3) is 5.69 Å². The molecule has 26 heavy (non-hydrogen) atoms. The van der Waals surface area contributed by atoms with E-state index < -0.39 is 5.97 Å². The summed E-state index contributed by atoms with van der Waals surface area (Å²) in [5, 5.41) is 4.58. The summed E-state index contributed by atoms with van der Waals surface area (Å²) >= 11 is 0. The molecule has 0 atom stereocenters. The van der Waals surface area contributed by atoms with E-state index in [-0.39, 0.29) is 24.3 Å². The van der Waals surface area contributed by atoms with Crippen molar-refractivity contribution in [3.8, 4) is 5.69 Å². The maximum atomic E-state index is 12.6. The van der Waals surface area contributed by atoms with E-state index >= 15 is 0 Å². The molecule has 4 rings (SSSR count). The third-order valence-corrected chi connectivity index (χ3v) is 3.98. The minimum absolute atomic E-state index is 0.0195. The van der Waals surface area contributed by atoms with Crippen molar-refractivity contribution >= 4 is 17.9 Å². The molecular formula is C17H17N7O2. The van der Waals surface area contributed by atoms with Crippen molar-refractivity contribution in [1.29, 1.82) is 0 Å². The largest absolute Gasteiger partial charge is 0.453 e. The molecule has 9 nitrogen and oxygen atoms in total. The van der Waals surface area contributed by atoms with Gasteiger partial charge in [0.05, 0.1) is 11.4 Å². The Morgan fingerprint density at radius 2 is 1.81 bits per heavy atom. The predicted molar refractivity (Wildman–Crippen MR) is 93.3 cm³/mol. The molecule has 1 aliphatic carbocycles. The number of ether oxygens (including phenoxy) is 1. The summed E-state index contributed by atoms with van der Waals surface area (Å²) in [6.07, 6.45) is 2.17. The SMILES string of the molecule is Nc1nc(N)nc(COC(=O)c2cc(C3CC3)nn2-c2ccccc2)n1. The Morgan fingerprint density at radius 3 is 2.46 bits per heavy atom. The van der Waals surface area contributed by atoms with Crippen LogP contribution in [0.3, 0.4) is 0 Å². The number of rotatable bonds is 5. The van der Waals surface area contributed by atoms with E-state index in [1.165, 1.54) is 0 Å². The summed E-state index contributed by atoms with van der Waals surface area (Å²) in [6.45, 7) is -0.158. The normalized spacial score (nSPS) is 13.5. The number of esters is 1. The van der Waals surface area contributed by atoms with Crippen LogP contribution < -0.4 is 11.5 Å². The maximum absolute atomic E-state index is 12.6. The van der Waals surface area contributed by atoms with Crippen molar-refractivity contribution in [2.45, 2.75) is 25.4 Å². The number of nitrogen functional groups attached to an aromatic ring is 2. The van der Waals surface area contributed by atoms with Gasteiger partial charge in [-0.15, -0.1) is 0 Å². The van der Waals surface area contributed by atoms with E-state index in [4.69, 9.17) is 16.2 Å². The van der Waals surface area contributed by atoms with Crippen molar-refractivity contribution in [1.82, 2.24) is 24.7 Å². The summed E-state index contributed by atoms with van der Waals surface area (Å²) in [5.74, 6) is 0.0415. The van der Waals surface area contributed by atoms with Gasteiger partial charge < -0.3 is 16.2 Å². The van der Waals surface area contributed by atoms with Crippen LogP contribution in [0.4, 0.5) is 11.9 Å². The Kier molecular flexibility index (Phi) is 3.96. The summed E-state index contributed by atoms with van der Waals surface area (Å²) in [5.41, 5.74) is 13.1. The zero-order valence-electron chi connectivity index (χ0n) is 13.9. The zero-order chi connectivity index (χ0) is 18.1. The fourth-order valence-electron chi connectivity index (χ4n) is 2.61. The van der Waals surface area contributed by atoms with Crippen LogP contribution in [0.5, 0.6) is 0 Å². The highest BCUT2D eigenvalue weighted by atomic mass is 16.5. The van der Waals surface area contributed by atoms with Crippen molar-refractivity contribution in [2.24, 2.45) is 0 Å². The van der Waals surface area contributed by atoms with Crippen LogP contribution in [-0.2, 0) is 11.3 Å². The molecule has 0 bridgehead atoms. The first-order valence-corrected chi connectivity index (χ1v) is 8.18. The number of nitrogens with two attached hydrogens (primary N) is 2. The topological polar surface area (TPSA) is 135 Å². The molecule has 0 unspecified atom stereocenters. The zero-order valence-corrected chi connectivity index (χ0v) is 13.9. The minimum atomic E-state index is -0.522. The average molecular weight is 351 g/mol. The Hall–Kier alpha value is -3.49. The summed E-state index contributed by atoms with van der Waals surface area (Å²) in [7, 11) is 0. The number of anilines is 2. The molecule has 3 aromatic rings.